The van der Waals surface area contributed by atoms with E-state index in [-0.39, 0.29) is 18.4 Å². The molecule has 1 unspecified atom stereocenters. The predicted molar refractivity (Wildman–Crippen MR) is 119 cm³/mol. The van der Waals surface area contributed by atoms with Crippen LogP contribution in [0.3, 0.4) is 0 Å². The second kappa shape index (κ2) is 7.91. The van der Waals surface area contributed by atoms with Crippen LogP contribution in [0.15, 0.2) is 41.8 Å². The maximum Gasteiger partial charge on any atom is 0.268 e. The summed E-state index contributed by atoms with van der Waals surface area (Å²) in [6.45, 7) is 7.46. The van der Waals surface area contributed by atoms with Crippen LogP contribution >= 0.6 is 11.3 Å². The largest absolute Gasteiger partial charge is 0.479 e. The normalized spacial score (nSPS) is 15.5. The van der Waals surface area contributed by atoms with E-state index in [2.05, 4.69) is 10.3 Å². The first kappa shape index (κ1) is 20.1. The lowest BCUT2D eigenvalue weighted by Crippen LogP contribution is -2.47. The molecule has 0 saturated heterocycles. The van der Waals surface area contributed by atoms with Crippen molar-refractivity contribution in [2.45, 2.75) is 33.8 Å². The molecule has 2 aromatic carbocycles. The highest BCUT2D eigenvalue weighted by molar-refractivity contribution is 7.09. The molecular weight excluding hydrogens is 398 g/mol. The highest BCUT2D eigenvalue weighted by Crippen LogP contribution is 2.37. The molecule has 7 heteroatoms. The quantitative estimate of drug-likeness (QED) is 0.674. The number of aromatic nitrogens is 1. The zero-order chi connectivity index (χ0) is 21.4. The van der Waals surface area contributed by atoms with Gasteiger partial charge in [0.15, 0.2) is 6.10 Å². The van der Waals surface area contributed by atoms with Gasteiger partial charge < -0.3 is 10.1 Å². The maximum atomic E-state index is 12.9. The lowest BCUT2D eigenvalue weighted by molar-refractivity contribution is -0.127. The fraction of sp³-hybridized carbons (Fsp3) is 0.261. The van der Waals surface area contributed by atoms with E-state index in [4.69, 9.17) is 4.74 Å². The van der Waals surface area contributed by atoms with Crippen molar-refractivity contribution in [1.29, 1.82) is 0 Å². The highest BCUT2D eigenvalue weighted by Gasteiger charge is 2.33. The molecular formula is C23H23N3O3S. The average Bonchev–Trinajstić information content (AvgIpc) is 3.14. The van der Waals surface area contributed by atoms with E-state index in [1.165, 1.54) is 4.90 Å². The summed E-state index contributed by atoms with van der Waals surface area (Å²) in [7, 11) is 0. The summed E-state index contributed by atoms with van der Waals surface area (Å²) in [5, 5.41) is 5.87. The van der Waals surface area contributed by atoms with Gasteiger partial charge in [0.2, 0.25) is 5.91 Å². The van der Waals surface area contributed by atoms with Gasteiger partial charge >= 0.3 is 0 Å². The molecule has 154 valence electrons. The van der Waals surface area contributed by atoms with Gasteiger partial charge in [-0.3, -0.25) is 14.5 Å². The Morgan fingerprint density at radius 3 is 2.73 bits per heavy atom. The van der Waals surface area contributed by atoms with Crippen molar-refractivity contribution >= 4 is 34.5 Å². The molecule has 0 bridgehead atoms. The fourth-order valence-corrected chi connectivity index (χ4v) is 4.05. The zero-order valence-electron chi connectivity index (χ0n) is 17.4. The number of rotatable bonds is 4. The van der Waals surface area contributed by atoms with Gasteiger partial charge in [0.25, 0.3) is 5.91 Å². The van der Waals surface area contributed by atoms with Crippen LogP contribution in [0.5, 0.6) is 5.75 Å². The molecule has 0 spiro atoms. The number of thiazole rings is 1. The van der Waals surface area contributed by atoms with Gasteiger partial charge in [-0.1, -0.05) is 12.1 Å². The molecule has 6 nitrogen and oxygen atoms in total. The Balaban J connectivity index is 1.63. The van der Waals surface area contributed by atoms with Crippen molar-refractivity contribution in [3.05, 3.63) is 57.9 Å². The predicted octanol–water partition coefficient (Wildman–Crippen LogP) is 4.49. The molecule has 0 aliphatic carbocycles. The van der Waals surface area contributed by atoms with E-state index in [1.54, 1.807) is 18.3 Å². The standard InChI is InChI=1S/C23H23N3O3S/c1-13-5-6-14(2)18(9-13)25-22(27)11-26-20-10-17(19-12-30-16(4)24-19)7-8-21(20)29-15(3)23(26)28/h5-10,12,15H,11H2,1-4H3,(H,25,27). The summed E-state index contributed by atoms with van der Waals surface area (Å²) < 4.78 is 5.76. The van der Waals surface area contributed by atoms with Gasteiger partial charge in [-0.2, -0.15) is 0 Å². The van der Waals surface area contributed by atoms with Gasteiger partial charge in [0.05, 0.1) is 16.4 Å². The third kappa shape index (κ3) is 3.93. The third-order valence-corrected chi connectivity index (χ3v) is 5.82. The van der Waals surface area contributed by atoms with Crippen LogP contribution in [0, 0.1) is 20.8 Å². The van der Waals surface area contributed by atoms with Crippen LogP contribution in [0.4, 0.5) is 11.4 Å². The van der Waals surface area contributed by atoms with E-state index in [0.717, 1.165) is 33.1 Å². The van der Waals surface area contributed by atoms with Crippen LogP contribution in [0.25, 0.3) is 11.3 Å². The second-order valence-electron chi connectivity index (χ2n) is 7.49. The summed E-state index contributed by atoms with van der Waals surface area (Å²) in [6, 6.07) is 11.5. The minimum atomic E-state index is -0.654. The Labute approximate surface area is 179 Å². The van der Waals surface area contributed by atoms with Crippen LogP contribution in [0.1, 0.15) is 23.1 Å². The van der Waals surface area contributed by atoms with Gasteiger partial charge in [-0.15, -0.1) is 11.3 Å². The monoisotopic (exact) mass is 421 g/mol. The van der Waals surface area contributed by atoms with Gasteiger partial charge in [-0.25, -0.2) is 4.98 Å². The molecule has 0 fully saturated rings. The number of aryl methyl sites for hydroxylation is 3. The lowest BCUT2D eigenvalue weighted by Gasteiger charge is -2.33. The average molecular weight is 422 g/mol. The minimum Gasteiger partial charge on any atom is -0.479 e. The molecule has 1 aliphatic rings. The number of carbonyl (C=O) groups is 2. The number of nitrogens with one attached hydrogen (secondary N) is 1. The topological polar surface area (TPSA) is 71.5 Å². The molecule has 30 heavy (non-hydrogen) atoms. The number of hydrogen-bond donors (Lipinski definition) is 1. The summed E-state index contributed by atoms with van der Waals surface area (Å²) in [5.74, 6) is 0.0783. The van der Waals surface area contributed by atoms with E-state index in [1.807, 2.05) is 62.5 Å². The molecule has 1 N–H and O–H groups in total. The molecule has 1 aliphatic heterocycles. The van der Waals surface area contributed by atoms with E-state index < -0.39 is 6.10 Å². The Morgan fingerprint density at radius 2 is 2.00 bits per heavy atom. The number of benzene rings is 2. The zero-order valence-corrected chi connectivity index (χ0v) is 18.2. The molecule has 2 heterocycles. The van der Waals surface area contributed by atoms with Crippen molar-refractivity contribution < 1.29 is 14.3 Å². The van der Waals surface area contributed by atoms with Crippen molar-refractivity contribution in [3.63, 3.8) is 0 Å². The Morgan fingerprint density at radius 1 is 1.20 bits per heavy atom. The molecule has 3 aromatic rings. The maximum absolute atomic E-state index is 12.9. The lowest BCUT2D eigenvalue weighted by atomic mass is 10.1. The second-order valence-corrected chi connectivity index (χ2v) is 8.55. The number of carbonyl (C=O) groups excluding carboxylic acids is 2. The Bertz CT molecular complexity index is 1140. The SMILES string of the molecule is Cc1ccc(C)c(NC(=O)CN2C(=O)C(C)Oc3ccc(-c4csc(C)n4)cc32)c1. The van der Waals surface area contributed by atoms with Crippen molar-refractivity contribution in [1.82, 2.24) is 4.98 Å². The van der Waals surface area contributed by atoms with Crippen molar-refractivity contribution in [3.8, 4) is 17.0 Å². The summed E-state index contributed by atoms with van der Waals surface area (Å²) in [6.07, 6.45) is -0.654. The highest BCUT2D eigenvalue weighted by atomic mass is 32.1. The van der Waals surface area contributed by atoms with E-state index in [9.17, 15) is 9.59 Å². The fourth-order valence-electron chi connectivity index (χ4n) is 3.43. The van der Waals surface area contributed by atoms with E-state index in [0.29, 0.717) is 11.4 Å². The molecule has 4 rings (SSSR count). The van der Waals surface area contributed by atoms with Crippen LogP contribution in [0.2, 0.25) is 0 Å². The van der Waals surface area contributed by atoms with Crippen LogP contribution in [-0.4, -0.2) is 29.4 Å². The summed E-state index contributed by atoms with van der Waals surface area (Å²) in [5.41, 5.74) is 5.07. The number of anilines is 2. The molecule has 1 atom stereocenters. The summed E-state index contributed by atoms with van der Waals surface area (Å²) >= 11 is 1.57. The van der Waals surface area contributed by atoms with Gasteiger partial charge in [0.1, 0.15) is 12.3 Å². The molecule has 0 radical (unpaired) electrons. The third-order valence-electron chi connectivity index (χ3n) is 5.05. The first-order valence-corrected chi connectivity index (χ1v) is 10.6. The Kier molecular flexibility index (Phi) is 5.30. The van der Waals surface area contributed by atoms with E-state index >= 15 is 0 Å². The summed E-state index contributed by atoms with van der Waals surface area (Å²) in [4.78, 5) is 31.7. The van der Waals surface area contributed by atoms with Crippen LogP contribution < -0.4 is 15.0 Å². The molecule has 0 saturated carbocycles. The van der Waals surface area contributed by atoms with Crippen LogP contribution in [-0.2, 0) is 9.59 Å². The molecule has 1 aromatic heterocycles. The van der Waals surface area contributed by atoms with Gasteiger partial charge in [-0.05, 0) is 63.1 Å². The first-order chi connectivity index (χ1) is 14.3. The number of hydrogen-bond acceptors (Lipinski definition) is 5. The Hall–Kier alpha value is -3.19. The molecule has 2 amide bonds. The van der Waals surface area contributed by atoms with Crippen molar-refractivity contribution in [2.24, 2.45) is 0 Å². The number of ether oxygens (including phenoxy) is 1. The first-order valence-electron chi connectivity index (χ1n) is 9.73. The van der Waals surface area contributed by atoms with Crippen molar-refractivity contribution in [2.75, 3.05) is 16.8 Å². The number of fused-ring (bicyclic) bond motifs is 1. The number of amides is 2. The smallest absolute Gasteiger partial charge is 0.268 e. The number of nitrogens with zero attached hydrogens (tertiary/aromatic N) is 2. The minimum absolute atomic E-state index is 0.0908. The van der Waals surface area contributed by atoms with Gasteiger partial charge in [0, 0.05) is 16.6 Å².